The molecule has 2 aromatic rings. The van der Waals surface area contributed by atoms with Crippen LogP contribution < -0.4 is 16.0 Å². The van der Waals surface area contributed by atoms with E-state index in [1.54, 1.807) is 13.8 Å². The summed E-state index contributed by atoms with van der Waals surface area (Å²) >= 11 is 0. The Balaban J connectivity index is 1.92. The number of hydrogen-bond acceptors (Lipinski definition) is 11. The maximum atomic E-state index is 13.0. The molecule has 3 amide bonds. The van der Waals surface area contributed by atoms with E-state index in [-0.39, 0.29) is 44.0 Å². The van der Waals surface area contributed by atoms with Gasteiger partial charge in [0, 0.05) is 36.7 Å². The molecule has 0 aliphatic heterocycles. The Hall–Kier alpha value is -5.37. The Kier molecular flexibility index (Phi) is 20.0. The minimum atomic E-state index is -1.09. The van der Waals surface area contributed by atoms with Crippen LogP contribution in [0.15, 0.2) is 73.3 Å². The number of amides is 3. The Labute approximate surface area is 363 Å². The highest BCUT2D eigenvalue weighted by atomic mass is 16.6. The lowest BCUT2D eigenvalue weighted by Gasteiger charge is -2.31. The van der Waals surface area contributed by atoms with Gasteiger partial charge in [-0.25, -0.2) is 24.0 Å². The number of alkyl carbamates (subject to hydrolysis) is 3. The molecule has 61 heavy (non-hydrogen) atoms. The first-order chi connectivity index (χ1) is 28.4. The summed E-state index contributed by atoms with van der Waals surface area (Å²) in [7, 11) is 0. The monoisotopic (exact) mass is 851 g/mol. The van der Waals surface area contributed by atoms with Gasteiger partial charge in [-0.15, -0.1) is 0 Å². The van der Waals surface area contributed by atoms with Crippen LogP contribution in [-0.4, -0.2) is 93.8 Å². The number of unbranched alkanes of at least 4 members (excludes halogenated alkanes) is 1. The van der Waals surface area contributed by atoms with Gasteiger partial charge in [-0.1, -0.05) is 110 Å². The molecule has 338 valence electrons. The zero-order valence-electron chi connectivity index (χ0n) is 38.3. The van der Waals surface area contributed by atoms with Gasteiger partial charge in [-0.05, 0) is 75.3 Å². The third-order valence-electron chi connectivity index (χ3n) is 10.0. The average molecular weight is 851 g/mol. The van der Waals surface area contributed by atoms with Crippen molar-refractivity contribution in [2.24, 2.45) is 0 Å². The largest absolute Gasteiger partial charge is 0.458 e. The average Bonchev–Trinajstić information content (AvgIpc) is 3.19. The standard InChI is InChI=1S/C47H70N4O10/c1-14-16-23-51(25-27-58-42(55)49-46(10,11)36-21-17-19-34(28-36)44(5,6)7)24-26-57-41(54)48-32-45(8,9)35-20-18-22-37(29-35)47(12,13)50-43(56)61-38(30-59-39(52)15-2)31-60-40(53)33(3)4/h15,17-22,28-29,38H,2-3,14,16,23-27,30-32H2,1,4-13H3,(H,48,54)(H,49,55)(H,50,56). The zero-order valence-corrected chi connectivity index (χ0v) is 38.3. The summed E-state index contributed by atoms with van der Waals surface area (Å²) in [4.78, 5) is 64.4. The zero-order chi connectivity index (χ0) is 46.0. The van der Waals surface area contributed by atoms with E-state index in [4.69, 9.17) is 23.7 Å². The van der Waals surface area contributed by atoms with Gasteiger partial charge in [-0.2, -0.15) is 0 Å². The van der Waals surface area contributed by atoms with Gasteiger partial charge >= 0.3 is 30.2 Å². The molecule has 0 radical (unpaired) electrons. The molecule has 2 aromatic carbocycles. The highest BCUT2D eigenvalue weighted by molar-refractivity contribution is 5.87. The SMILES string of the molecule is C=CC(=O)OCC(COC(=O)C(=C)C)OC(=O)NC(C)(C)c1cccc(C(C)(C)CNC(=O)OCCN(CCCC)CCOC(=O)NC(C)(C)c2cccc(C(C)(C)C)c2)c1. The van der Waals surface area contributed by atoms with Crippen molar-refractivity contribution in [1.82, 2.24) is 20.9 Å². The number of rotatable bonds is 23. The number of nitrogens with one attached hydrogen (secondary N) is 3. The first-order valence-electron chi connectivity index (χ1n) is 20.8. The van der Waals surface area contributed by atoms with E-state index in [1.165, 1.54) is 12.5 Å². The first kappa shape index (κ1) is 51.8. The molecule has 1 atom stereocenters. The second kappa shape index (κ2) is 23.6. The van der Waals surface area contributed by atoms with E-state index in [9.17, 15) is 24.0 Å². The third kappa shape index (κ3) is 18.4. The minimum absolute atomic E-state index is 0.0185. The number of nitrogens with zero attached hydrogens (tertiary/aromatic N) is 1. The molecule has 3 N–H and O–H groups in total. The maximum absolute atomic E-state index is 13.0. The summed E-state index contributed by atoms with van der Waals surface area (Å²) in [6.45, 7) is 30.0. The lowest BCUT2D eigenvalue weighted by atomic mass is 9.81. The topological polar surface area (TPSA) is 171 Å². The second-order valence-electron chi connectivity index (χ2n) is 17.9. The van der Waals surface area contributed by atoms with Crippen molar-refractivity contribution in [1.29, 1.82) is 0 Å². The molecule has 0 saturated heterocycles. The van der Waals surface area contributed by atoms with Crippen molar-refractivity contribution in [2.75, 3.05) is 52.6 Å². The van der Waals surface area contributed by atoms with Crippen molar-refractivity contribution >= 4 is 30.2 Å². The fourth-order valence-corrected chi connectivity index (χ4v) is 5.92. The molecular formula is C47H70N4O10. The predicted molar refractivity (Wildman–Crippen MR) is 236 cm³/mol. The van der Waals surface area contributed by atoms with Gasteiger partial charge in [0.25, 0.3) is 0 Å². The number of benzene rings is 2. The van der Waals surface area contributed by atoms with E-state index in [0.717, 1.165) is 42.2 Å². The Morgan fingerprint density at radius 2 is 1.21 bits per heavy atom. The summed E-state index contributed by atoms with van der Waals surface area (Å²) in [5.41, 5.74) is 1.87. The summed E-state index contributed by atoms with van der Waals surface area (Å²) in [5, 5.41) is 8.70. The van der Waals surface area contributed by atoms with Gasteiger partial charge in [0.1, 0.15) is 26.4 Å². The van der Waals surface area contributed by atoms with E-state index in [0.29, 0.717) is 13.1 Å². The number of ether oxygens (including phenoxy) is 5. The smallest absolute Gasteiger partial charge is 0.408 e. The maximum Gasteiger partial charge on any atom is 0.408 e. The first-order valence-corrected chi connectivity index (χ1v) is 20.8. The van der Waals surface area contributed by atoms with Crippen molar-refractivity contribution in [3.05, 3.63) is 95.6 Å². The van der Waals surface area contributed by atoms with Crippen LogP contribution in [0.5, 0.6) is 0 Å². The summed E-state index contributed by atoms with van der Waals surface area (Å²) in [6, 6.07) is 15.8. The van der Waals surface area contributed by atoms with Crippen molar-refractivity contribution in [2.45, 2.75) is 117 Å². The van der Waals surface area contributed by atoms with Gasteiger partial charge in [0.05, 0.1) is 11.1 Å². The molecule has 0 aliphatic rings. The number of hydrogen-bond donors (Lipinski definition) is 3. The fraction of sp³-hybridized carbons (Fsp3) is 0.553. The molecular weight excluding hydrogens is 781 g/mol. The summed E-state index contributed by atoms with van der Waals surface area (Å²) in [5.74, 6) is -1.41. The molecule has 14 heteroatoms. The van der Waals surface area contributed by atoms with Gasteiger partial charge in [0.15, 0.2) is 6.10 Å². The van der Waals surface area contributed by atoms with Crippen molar-refractivity contribution in [3.8, 4) is 0 Å². The Morgan fingerprint density at radius 1 is 0.705 bits per heavy atom. The molecule has 0 bridgehead atoms. The van der Waals surface area contributed by atoms with Crippen LogP contribution in [0.2, 0.25) is 0 Å². The lowest BCUT2D eigenvalue weighted by Crippen LogP contribution is -2.44. The van der Waals surface area contributed by atoms with Gasteiger partial charge in [-0.3, -0.25) is 4.90 Å². The van der Waals surface area contributed by atoms with E-state index >= 15 is 0 Å². The number of carbonyl (C=O) groups excluding carboxylic acids is 5. The van der Waals surface area contributed by atoms with Crippen LogP contribution in [-0.2, 0) is 55.2 Å². The Bertz CT molecular complexity index is 1810. The van der Waals surface area contributed by atoms with Crippen molar-refractivity contribution in [3.63, 3.8) is 0 Å². The van der Waals surface area contributed by atoms with Crippen molar-refractivity contribution < 1.29 is 47.7 Å². The number of esters is 2. The normalized spacial score (nSPS) is 12.4. The third-order valence-corrected chi connectivity index (χ3v) is 10.0. The second-order valence-corrected chi connectivity index (χ2v) is 17.9. The highest BCUT2D eigenvalue weighted by Crippen LogP contribution is 2.29. The quantitative estimate of drug-likeness (QED) is 0.0564. The molecule has 0 spiro atoms. The lowest BCUT2D eigenvalue weighted by molar-refractivity contribution is -0.147. The Morgan fingerprint density at radius 3 is 1.75 bits per heavy atom. The molecule has 1 unspecified atom stereocenters. The van der Waals surface area contributed by atoms with Crippen LogP contribution in [0.4, 0.5) is 14.4 Å². The van der Waals surface area contributed by atoms with E-state index in [1.807, 2.05) is 64.1 Å². The molecule has 0 aromatic heterocycles. The molecule has 0 heterocycles. The number of carbonyl (C=O) groups is 5. The molecule has 0 saturated carbocycles. The van der Waals surface area contributed by atoms with Crippen LogP contribution in [0.1, 0.15) is 111 Å². The van der Waals surface area contributed by atoms with Crippen LogP contribution in [0.3, 0.4) is 0 Å². The summed E-state index contributed by atoms with van der Waals surface area (Å²) in [6.07, 6.45) is -0.0754. The fourth-order valence-electron chi connectivity index (χ4n) is 5.92. The molecule has 14 nitrogen and oxygen atoms in total. The minimum Gasteiger partial charge on any atom is -0.458 e. The summed E-state index contributed by atoms with van der Waals surface area (Å²) < 4.78 is 26.8. The van der Waals surface area contributed by atoms with E-state index in [2.05, 4.69) is 73.8 Å². The van der Waals surface area contributed by atoms with Gasteiger partial charge < -0.3 is 39.6 Å². The predicted octanol–water partition coefficient (Wildman–Crippen LogP) is 7.93. The molecule has 0 aliphatic carbocycles. The van der Waals surface area contributed by atoms with Crippen LogP contribution in [0, 0.1) is 0 Å². The molecule has 0 fully saturated rings. The van der Waals surface area contributed by atoms with Crippen LogP contribution >= 0.6 is 0 Å². The highest BCUT2D eigenvalue weighted by Gasteiger charge is 2.30. The van der Waals surface area contributed by atoms with Crippen LogP contribution in [0.25, 0.3) is 0 Å². The van der Waals surface area contributed by atoms with Gasteiger partial charge in [0.2, 0.25) is 0 Å². The molecule has 2 rings (SSSR count). The van der Waals surface area contributed by atoms with E-state index < -0.39 is 52.8 Å².